The number of aliphatic hydroxyl groups excluding tert-OH is 2. The van der Waals surface area contributed by atoms with Crippen LogP contribution in [0.15, 0.2) is 60.8 Å². The summed E-state index contributed by atoms with van der Waals surface area (Å²) in [6.07, 6.45) is 2.11. The molecular formula is C29H36F2N4O5S. The molecule has 4 N–H and O–H groups in total. The Kier molecular flexibility index (Phi) is 11.7. The van der Waals surface area contributed by atoms with Crippen LogP contribution in [0.25, 0.3) is 0 Å². The Bertz CT molecular complexity index is 1400. The molecule has 0 aliphatic rings. The molecule has 2 unspecified atom stereocenters. The Morgan fingerprint density at radius 1 is 1.05 bits per heavy atom. The number of amides is 1. The second-order valence-corrected chi connectivity index (χ2v) is 11.7. The van der Waals surface area contributed by atoms with Gasteiger partial charge in [-0.25, -0.2) is 22.2 Å². The fourth-order valence-corrected chi connectivity index (χ4v) is 5.24. The predicted octanol–water partition coefficient (Wildman–Crippen LogP) is 2.56. The zero-order valence-corrected chi connectivity index (χ0v) is 23.9. The van der Waals surface area contributed by atoms with Crippen LogP contribution >= 0.6 is 0 Å². The first-order chi connectivity index (χ1) is 19.5. The van der Waals surface area contributed by atoms with Gasteiger partial charge in [0.15, 0.2) is 0 Å². The largest absolute Gasteiger partial charge is 0.396 e. The van der Waals surface area contributed by atoms with Gasteiger partial charge in [0.05, 0.1) is 18.4 Å². The van der Waals surface area contributed by atoms with Gasteiger partial charge in [-0.05, 0) is 60.2 Å². The van der Waals surface area contributed by atoms with Crippen LogP contribution < -0.4 is 14.9 Å². The average molecular weight is 591 g/mol. The number of nitrogens with one attached hydrogen (secondary N) is 2. The number of benzene rings is 2. The zero-order valence-electron chi connectivity index (χ0n) is 23.1. The molecule has 0 bridgehead atoms. The Balaban J connectivity index is 1.79. The number of carbonyl (C=O) groups is 1. The van der Waals surface area contributed by atoms with E-state index in [0.29, 0.717) is 6.54 Å². The molecule has 12 heteroatoms. The Morgan fingerprint density at radius 2 is 1.76 bits per heavy atom. The second-order valence-electron chi connectivity index (χ2n) is 9.75. The summed E-state index contributed by atoms with van der Waals surface area (Å²) < 4.78 is 53.3. The zero-order chi connectivity index (χ0) is 30.0. The maximum atomic E-state index is 13.9. The van der Waals surface area contributed by atoms with E-state index < -0.39 is 39.7 Å². The van der Waals surface area contributed by atoms with Crippen LogP contribution in [0.4, 0.5) is 14.6 Å². The topological polar surface area (TPSA) is 132 Å². The van der Waals surface area contributed by atoms with Crippen molar-refractivity contribution in [2.45, 2.75) is 44.9 Å². The monoisotopic (exact) mass is 590 g/mol. The smallest absolute Gasteiger partial charge is 0.251 e. The van der Waals surface area contributed by atoms with Crippen LogP contribution in [0.5, 0.6) is 0 Å². The third-order valence-corrected chi connectivity index (χ3v) is 7.59. The summed E-state index contributed by atoms with van der Waals surface area (Å²) in [5, 5.41) is 26.1. The van der Waals surface area contributed by atoms with Crippen LogP contribution in [-0.4, -0.2) is 67.6 Å². The minimum atomic E-state index is -3.75. The van der Waals surface area contributed by atoms with Gasteiger partial charge in [0.25, 0.3) is 5.91 Å². The third-order valence-electron chi connectivity index (χ3n) is 6.42. The first-order valence-corrected chi connectivity index (χ1v) is 15.1. The molecule has 0 saturated heterocycles. The molecule has 2 atom stereocenters. The summed E-state index contributed by atoms with van der Waals surface area (Å²) in [6, 6.07) is 12.7. The molecule has 0 aliphatic heterocycles. The van der Waals surface area contributed by atoms with Gasteiger partial charge in [-0.2, -0.15) is 0 Å². The standard InChI is InChI=1S/C29H36F2N4O5S/c1-3-20-6-4-7-21(12-20)18-32-19-27(37)26(15-22-13-24(30)17-25(31)14-22)34-29(38)23-8-9-33-28(16-23)35(10-5-11-36)41(2,39)40/h4,6-9,12-14,16-17,26-27,32,36-37H,3,5,10-11,15,18-19H2,1-2H3,(H,34,38). The van der Waals surface area contributed by atoms with Crippen molar-refractivity contribution < 1.29 is 32.2 Å². The van der Waals surface area contributed by atoms with E-state index in [-0.39, 0.29) is 49.5 Å². The molecule has 1 amide bonds. The van der Waals surface area contributed by atoms with Gasteiger partial charge in [0.2, 0.25) is 10.0 Å². The minimum absolute atomic E-state index is 0.00567. The molecule has 41 heavy (non-hydrogen) atoms. The first kappa shape index (κ1) is 32.1. The van der Waals surface area contributed by atoms with Crippen molar-refractivity contribution in [1.29, 1.82) is 0 Å². The van der Waals surface area contributed by atoms with Crippen LogP contribution in [0, 0.1) is 11.6 Å². The van der Waals surface area contributed by atoms with Crippen LogP contribution in [0.1, 0.15) is 40.4 Å². The number of carbonyl (C=O) groups excluding carboxylic acids is 1. The molecular weight excluding hydrogens is 554 g/mol. The maximum Gasteiger partial charge on any atom is 0.251 e. The van der Waals surface area contributed by atoms with E-state index in [9.17, 15) is 27.1 Å². The van der Waals surface area contributed by atoms with E-state index in [1.807, 2.05) is 18.2 Å². The molecule has 0 aliphatic carbocycles. The molecule has 2 aromatic carbocycles. The molecule has 3 aromatic rings. The van der Waals surface area contributed by atoms with Gasteiger partial charge in [-0.15, -0.1) is 0 Å². The Hall–Kier alpha value is -3.45. The Morgan fingerprint density at radius 3 is 2.41 bits per heavy atom. The number of hydrogen-bond donors (Lipinski definition) is 4. The molecule has 0 spiro atoms. The highest BCUT2D eigenvalue weighted by molar-refractivity contribution is 7.92. The highest BCUT2D eigenvalue weighted by Gasteiger charge is 2.25. The number of sulfonamides is 1. The van der Waals surface area contributed by atoms with Crippen molar-refractivity contribution in [3.8, 4) is 0 Å². The number of aryl methyl sites for hydroxylation is 1. The van der Waals surface area contributed by atoms with Gasteiger partial charge in [-0.3, -0.25) is 9.10 Å². The normalized spacial score (nSPS) is 13.0. The summed E-state index contributed by atoms with van der Waals surface area (Å²) in [4.78, 5) is 17.3. The molecule has 0 saturated carbocycles. The lowest BCUT2D eigenvalue weighted by molar-refractivity contribution is 0.0829. The number of rotatable bonds is 15. The number of anilines is 1. The van der Waals surface area contributed by atoms with Crippen molar-refractivity contribution in [3.05, 3.63) is 94.7 Å². The molecule has 222 valence electrons. The quantitative estimate of drug-likeness (QED) is 0.214. The number of hydrogen-bond acceptors (Lipinski definition) is 7. The summed E-state index contributed by atoms with van der Waals surface area (Å²) in [5.74, 6) is -2.21. The van der Waals surface area contributed by atoms with E-state index in [0.717, 1.165) is 40.7 Å². The van der Waals surface area contributed by atoms with Crippen molar-refractivity contribution >= 4 is 21.7 Å². The maximum absolute atomic E-state index is 13.9. The van der Waals surface area contributed by atoms with Crippen molar-refractivity contribution in [3.63, 3.8) is 0 Å². The van der Waals surface area contributed by atoms with Gasteiger partial charge in [0, 0.05) is 44.1 Å². The lowest BCUT2D eigenvalue weighted by atomic mass is 10.00. The number of pyridine rings is 1. The number of halogens is 2. The summed E-state index contributed by atoms with van der Waals surface area (Å²) in [7, 11) is -3.75. The van der Waals surface area contributed by atoms with Gasteiger partial charge >= 0.3 is 0 Å². The fourth-order valence-electron chi connectivity index (χ4n) is 4.34. The van der Waals surface area contributed by atoms with E-state index >= 15 is 0 Å². The SMILES string of the molecule is CCc1cccc(CNCC(O)C(Cc2cc(F)cc(F)c2)NC(=O)c2ccnc(N(CCCO)S(C)(=O)=O)c2)c1. The second kappa shape index (κ2) is 15.0. The molecule has 9 nitrogen and oxygen atoms in total. The highest BCUT2D eigenvalue weighted by atomic mass is 32.2. The highest BCUT2D eigenvalue weighted by Crippen LogP contribution is 2.18. The molecule has 3 rings (SSSR count). The van der Waals surface area contributed by atoms with Gasteiger partial charge < -0.3 is 20.8 Å². The number of aromatic nitrogens is 1. The summed E-state index contributed by atoms with van der Waals surface area (Å²) in [5.41, 5.74) is 2.50. The predicted molar refractivity (Wildman–Crippen MR) is 153 cm³/mol. The first-order valence-electron chi connectivity index (χ1n) is 13.3. The van der Waals surface area contributed by atoms with Crippen molar-refractivity contribution in [2.24, 2.45) is 0 Å². The minimum Gasteiger partial charge on any atom is -0.396 e. The number of aliphatic hydroxyl groups is 2. The van der Waals surface area contributed by atoms with E-state index in [4.69, 9.17) is 5.11 Å². The lowest BCUT2D eigenvalue weighted by Crippen LogP contribution is -2.48. The fraction of sp³-hybridized carbons (Fsp3) is 0.379. The molecule has 1 aromatic heterocycles. The van der Waals surface area contributed by atoms with Gasteiger partial charge in [-0.1, -0.05) is 31.2 Å². The van der Waals surface area contributed by atoms with E-state index in [2.05, 4.69) is 28.6 Å². The molecule has 1 heterocycles. The third kappa shape index (κ3) is 9.85. The van der Waals surface area contributed by atoms with E-state index in [1.165, 1.54) is 23.9 Å². The van der Waals surface area contributed by atoms with Gasteiger partial charge in [0.1, 0.15) is 17.5 Å². The molecule has 0 fully saturated rings. The van der Waals surface area contributed by atoms with Crippen LogP contribution in [0.2, 0.25) is 0 Å². The van der Waals surface area contributed by atoms with Crippen LogP contribution in [0.3, 0.4) is 0 Å². The molecule has 0 radical (unpaired) electrons. The average Bonchev–Trinajstić information content (AvgIpc) is 2.92. The lowest BCUT2D eigenvalue weighted by Gasteiger charge is -2.25. The summed E-state index contributed by atoms with van der Waals surface area (Å²) >= 11 is 0. The Labute approximate surface area is 239 Å². The van der Waals surface area contributed by atoms with Crippen LogP contribution in [-0.2, 0) is 29.4 Å². The van der Waals surface area contributed by atoms with Crippen molar-refractivity contribution in [1.82, 2.24) is 15.6 Å². The van der Waals surface area contributed by atoms with E-state index in [1.54, 1.807) is 0 Å². The number of nitrogens with zero attached hydrogens (tertiary/aromatic N) is 2. The van der Waals surface area contributed by atoms with Crippen molar-refractivity contribution in [2.75, 3.05) is 30.3 Å². The summed E-state index contributed by atoms with van der Waals surface area (Å²) in [6.45, 7) is 2.32.